The van der Waals surface area contributed by atoms with E-state index in [2.05, 4.69) is 4.98 Å². The fraction of sp³-hybridized carbons (Fsp3) is 0.500. The van der Waals surface area contributed by atoms with Crippen molar-refractivity contribution in [1.29, 1.82) is 0 Å². The van der Waals surface area contributed by atoms with Gasteiger partial charge >= 0.3 is 0 Å². The number of rotatable bonds is 7. The molecule has 1 aromatic heterocycles. The average Bonchev–Trinajstić information content (AvgIpc) is 3.31. The van der Waals surface area contributed by atoms with Gasteiger partial charge in [-0.25, -0.2) is 17.6 Å². The summed E-state index contributed by atoms with van der Waals surface area (Å²) in [7, 11) is 0. The Morgan fingerprint density at radius 1 is 1.14 bits per heavy atom. The molecule has 1 atom stereocenters. The molecular weight excluding hydrogens is 392 g/mol. The highest BCUT2D eigenvalue weighted by Gasteiger charge is 2.33. The normalized spacial score (nSPS) is 18.5. The summed E-state index contributed by atoms with van der Waals surface area (Å²) < 4.78 is 57.6. The zero-order chi connectivity index (χ0) is 20.0. The van der Waals surface area contributed by atoms with Crippen LogP contribution in [-0.4, -0.2) is 15.3 Å². The van der Waals surface area contributed by atoms with Gasteiger partial charge in [0.05, 0.1) is 0 Å². The molecule has 1 saturated carbocycles. The first-order valence-electron chi connectivity index (χ1n) is 9.50. The molecule has 1 aliphatic carbocycles. The van der Waals surface area contributed by atoms with E-state index in [4.69, 9.17) is 12.2 Å². The van der Waals surface area contributed by atoms with Crippen LogP contribution in [0.25, 0.3) is 0 Å². The standard InChI is InChI=1S/C20H20F4N2OS/c21-13-8-14(22)19(24)17(18(13)23)11-7-16-15(25-20(28)26(16)9-11)6-5-12(27)4-3-10-1-2-10/h8,10-11H,1-7,9H2,(H,25,28)/t11-/m0/s1. The van der Waals surface area contributed by atoms with Crippen molar-refractivity contribution in [3.63, 3.8) is 0 Å². The minimum atomic E-state index is -1.41. The van der Waals surface area contributed by atoms with E-state index in [0.717, 1.165) is 17.8 Å². The number of halogens is 4. The van der Waals surface area contributed by atoms with Gasteiger partial charge in [0.1, 0.15) is 5.78 Å². The molecule has 1 N–H and O–H groups in total. The highest BCUT2D eigenvalue weighted by Crippen LogP contribution is 2.36. The third-order valence-electron chi connectivity index (χ3n) is 5.76. The van der Waals surface area contributed by atoms with Gasteiger partial charge in [-0.3, -0.25) is 4.79 Å². The molecule has 0 spiro atoms. The number of carbonyl (C=O) groups is 1. The van der Waals surface area contributed by atoms with Crippen molar-refractivity contribution >= 4 is 18.0 Å². The summed E-state index contributed by atoms with van der Waals surface area (Å²) in [4.78, 5) is 15.1. The molecule has 150 valence electrons. The number of hydrogen-bond donors (Lipinski definition) is 1. The molecule has 8 heteroatoms. The Morgan fingerprint density at radius 3 is 2.46 bits per heavy atom. The number of ketones is 1. The maximum atomic E-state index is 14.2. The Balaban J connectivity index is 1.50. The van der Waals surface area contributed by atoms with E-state index in [1.54, 1.807) is 4.57 Å². The van der Waals surface area contributed by atoms with Gasteiger partial charge < -0.3 is 9.55 Å². The molecule has 0 saturated heterocycles. The van der Waals surface area contributed by atoms with E-state index in [0.29, 0.717) is 30.0 Å². The summed E-state index contributed by atoms with van der Waals surface area (Å²) in [5, 5.41) is 0. The predicted molar refractivity (Wildman–Crippen MR) is 97.6 cm³/mol. The van der Waals surface area contributed by atoms with E-state index >= 15 is 0 Å². The van der Waals surface area contributed by atoms with Gasteiger partial charge in [0.25, 0.3) is 0 Å². The molecule has 2 heterocycles. The fourth-order valence-corrected chi connectivity index (χ4v) is 4.32. The molecule has 28 heavy (non-hydrogen) atoms. The van der Waals surface area contributed by atoms with Crippen molar-refractivity contribution in [2.24, 2.45) is 5.92 Å². The molecule has 0 amide bonds. The largest absolute Gasteiger partial charge is 0.334 e. The van der Waals surface area contributed by atoms with Crippen molar-refractivity contribution in [3.05, 3.63) is 51.1 Å². The van der Waals surface area contributed by atoms with Crippen LogP contribution in [0.15, 0.2) is 6.07 Å². The lowest BCUT2D eigenvalue weighted by Crippen LogP contribution is -2.11. The SMILES string of the molecule is O=C(CCc1[nH]c(=S)n2c1C[C@H](c1c(F)c(F)cc(F)c1F)C2)CCC1CC1. The van der Waals surface area contributed by atoms with Gasteiger partial charge in [0.15, 0.2) is 28.0 Å². The molecule has 1 aromatic carbocycles. The van der Waals surface area contributed by atoms with Crippen LogP contribution in [0.5, 0.6) is 0 Å². The van der Waals surface area contributed by atoms with Gasteiger partial charge in [0.2, 0.25) is 0 Å². The van der Waals surface area contributed by atoms with E-state index in [9.17, 15) is 22.4 Å². The first-order valence-corrected chi connectivity index (χ1v) is 9.91. The number of carbonyl (C=O) groups excluding carboxylic acids is 1. The highest BCUT2D eigenvalue weighted by molar-refractivity contribution is 7.71. The minimum absolute atomic E-state index is 0.136. The van der Waals surface area contributed by atoms with Crippen molar-refractivity contribution in [3.8, 4) is 0 Å². The smallest absolute Gasteiger partial charge is 0.177 e. The minimum Gasteiger partial charge on any atom is -0.334 e. The van der Waals surface area contributed by atoms with Crippen LogP contribution >= 0.6 is 12.2 Å². The number of hydrogen-bond acceptors (Lipinski definition) is 2. The summed E-state index contributed by atoms with van der Waals surface area (Å²) in [5.41, 5.74) is 0.917. The fourth-order valence-electron chi connectivity index (χ4n) is 4.01. The van der Waals surface area contributed by atoms with Crippen LogP contribution in [0.2, 0.25) is 0 Å². The number of H-pyrrole nitrogens is 1. The highest BCUT2D eigenvalue weighted by atomic mass is 32.1. The Morgan fingerprint density at radius 2 is 1.82 bits per heavy atom. The molecule has 2 aliphatic rings. The third-order valence-corrected chi connectivity index (χ3v) is 6.08. The molecule has 0 radical (unpaired) electrons. The van der Waals surface area contributed by atoms with Gasteiger partial charge in [-0.1, -0.05) is 12.8 Å². The van der Waals surface area contributed by atoms with Crippen LogP contribution < -0.4 is 0 Å². The maximum Gasteiger partial charge on any atom is 0.177 e. The first-order chi connectivity index (χ1) is 13.3. The van der Waals surface area contributed by atoms with Crippen LogP contribution in [0, 0.1) is 34.0 Å². The molecule has 3 nitrogen and oxygen atoms in total. The van der Waals surface area contributed by atoms with Gasteiger partial charge in [-0.05, 0) is 37.4 Å². The second-order valence-corrected chi connectivity index (χ2v) is 8.16. The molecule has 1 fully saturated rings. The quantitative estimate of drug-likeness (QED) is 0.389. The van der Waals surface area contributed by atoms with E-state index in [1.165, 1.54) is 12.8 Å². The lowest BCUT2D eigenvalue weighted by atomic mass is 9.94. The number of aromatic amines is 1. The number of imidazole rings is 1. The van der Waals surface area contributed by atoms with E-state index < -0.39 is 34.8 Å². The van der Waals surface area contributed by atoms with Crippen molar-refractivity contribution in [2.45, 2.75) is 57.4 Å². The van der Waals surface area contributed by atoms with Gasteiger partial charge in [0, 0.05) is 48.3 Å². The maximum absolute atomic E-state index is 14.2. The van der Waals surface area contributed by atoms with E-state index in [-0.39, 0.29) is 24.8 Å². The second kappa shape index (κ2) is 7.46. The molecule has 4 rings (SSSR count). The van der Waals surface area contributed by atoms with Crippen molar-refractivity contribution in [1.82, 2.24) is 9.55 Å². The topological polar surface area (TPSA) is 37.8 Å². The number of aryl methyl sites for hydroxylation is 1. The zero-order valence-electron chi connectivity index (χ0n) is 15.2. The Labute approximate surface area is 164 Å². The molecular formula is C20H20F4N2OS. The van der Waals surface area contributed by atoms with Gasteiger partial charge in [-0.15, -0.1) is 0 Å². The molecule has 1 aliphatic heterocycles. The number of aromatic nitrogens is 2. The molecule has 0 bridgehead atoms. The Hall–Kier alpha value is -1.96. The number of benzene rings is 1. The zero-order valence-corrected chi connectivity index (χ0v) is 16.0. The lowest BCUT2D eigenvalue weighted by molar-refractivity contribution is -0.119. The summed E-state index contributed by atoms with van der Waals surface area (Å²) in [5.74, 6) is -5.39. The average molecular weight is 412 g/mol. The van der Waals surface area contributed by atoms with E-state index in [1.807, 2.05) is 0 Å². The first kappa shape index (κ1) is 19.4. The summed E-state index contributed by atoms with van der Waals surface area (Å²) in [6, 6.07) is 0.217. The lowest BCUT2D eigenvalue weighted by Gasteiger charge is -2.13. The molecule has 0 unspecified atom stereocenters. The Bertz CT molecular complexity index is 967. The van der Waals surface area contributed by atoms with Crippen molar-refractivity contribution in [2.75, 3.05) is 0 Å². The van der Waals surface area contributed by atoms with Crippen molar-refractivity contribution < 1.29 is 22.4 Å². The van der Waals surface area contributed by atoms with Gasteiger partial charge in [-0.2, -0.15) is 0 Å². The van der Waals surface area contributed by atoms with Crippen LogP contribution in [-0.2, 0) is 24.2 Å². The summed E-state index contributed by atoms with van der Waals surface area (Å²) in [6.07, 6.45) is 4.97. The van der Waals surface area contributed by atoms with Crippen LogP contribution in [0.3, 0.4) is 0 Å². The number of fused-ring (bicyclic) bond motifs is 1. The summed E-state index contributed by atoms with van der Waals surface area (Å²) in [6.45, 7) is 0.136. The van der Waals surface area contributed by atoms with Crippen LogP contribution in [0.1, 0.15) is 55.0 Å². The van der Waals surface area contributed by atoms with Crippen LogP contribution in [0.4, 0.5) is 17.6 Å². The Kier molecular flexibility index (Phi) is 5.16. The summed E-state index contributed by atoms with van der Waals surface area (Å²) >= 11 is 5.28. The third kappa shape index (κ3) is 3.66. The second-order valence-electron chi connectivity index (χ2n) is 7.77. The number of Topliss-reactive ketones (excluding diaryl/α,β-unsaturated/α-hetero) is 1. The monoisotopic (exact) mass is 412 g/mol. The predicted octanol–water partition coefficient (Wildman–Crippen LogP) is 5.13. The number of nitrogens with one attached hydrogen (secondary N) is 1. The number of nitrogens with zero attached hydrogens (tertiary/aromatic N) is 1. The molecule has 2 aromatic rings.